The van der Waals surface area contributed by atoms with Crippen molar-refractivity contribution in [2.45, 2.75) is 38.8 Å². The van der Waals surface area contributed by atoms with Crippen LogP contribution in [-0.2, 0) is 0 Å². The number of aromatic nitrogens is 2. The molecule has 0 spiro atoms. The molecule has 0 aliphatic carbocycles. The summed E-state index contributed by atoms with van der Waals surface area (Å²) in [6.45, 7) is 6.48. The predicted molar refractivity (Wildman–Crippen MR) is 74.9 cm³/mol. The Labute approximate surface area is 109 Å². The number of nitrogens with one attached hydrogen (secondary N) is 2. The van der Waals surface area contributed by atoms with Gasteiger partial charge in [0.25, 0.3) is 0 Å². The van der Waals surface area contributed by atoms with Crippen molar-refractivity contribution in [3.05, 3.63) is 12.4 Å². The van der Waals surface area contributed by atoms with Gasteiger partial charge in [-0.25, -0.2) is 9.97 Å². The molecule has 18 heavy (non-hydrogen) atoms. The van der Waals surface area contributed by atoms with E-state index >= 15 is 0 Å². The predicted octanol–water partition coefficient (Wildman–Crippen LogP) is 1.80. The van der Waals surface area contributed by atoms with E-state index in [4.69, 9.17) is 0 Å². The molecule has 2 N–H and O–H groups in total. The zero-order chi connectivity index (χ0) is 13.0. The summed E-state index contributed by atoms with van der Waals surface area (Å²) < 4.78 is 0. The Hall–Kier alpha value is -1.36. The lowest BCUT2D eigenvalue weighted by atomic mass is 10.1. The Bertz CT molecular complexity index is 379. The van der Waals surface area contributed by atoms with E-state index in [2.05, 4.69) is 46.4 Å². The Morgan fingerprint density at radius 3 is 2.83 bits per heavy atom. The van der Waals surface area contributed by atoms with Crippen molar-refractivity contribution < 1.29 is 0 Å². The molecule has 1 saturated heterocycles. The van der Waals surface area contributed by atoms with Crippen molar-refractivity contribution in [3.63, 3.8) is 0 Å². The summed E-state index contributed by atoms with van der Waals surface area (Å²) >= 11 is 0. The minimum absolute atomic E-state index is 0.383. The van der Waals surface area contributed by atoms with Crippen LogP contribution in [0.3, 0.4) is 0 Å². The van der Waals surface area contributed by atoms with Crippen LogP contribution in [0.2, 0.25) is 0 Å². The van der Waals surface area contributed by atoms with Gasteiger partial charge in [0.05, 0.1) is 0 Å². The van der Waals surface area contributed by atoms with Gasteiger partial charge in [0.2, 0.25) is 0 Å². The SMILES string of the molecule is CC(C)Nc1cc(NC2CCCN(C)C2)ncn1. The summed E-state index contributed by atoms with van der Waals surface area (Å²) in [5.74, 6) is 1.79. The highest BCUT2D eigenvalue weighted by molar-refractivity contribution is 5.47. The molecule has 0 bridgehead atoms. The first-order chi connectivity index (χ1) is 8.63. The van der Waals surface area contributed by atoms with Gasteiger partial charge in [0.1, 0.15) is 18.0 Å². The van der Waals surface area contributed by atoms with Gasteiger partial charge >= 0.3 is 0 Å². The monoisotopic (exact) mass is 249 g/mol. The van der Waals surface area contributed by atoms with E-state index in [1.54, 1.807) is 6.33 Å². The number of likely N-dealkylation sites (tertiary alicyclic amines) is 1. The third kappa shape index (κ3) is 3.84. The number of rotatable bonds is 4. The maximum atomic E-state index is 4.29. The van der Waals surface area contributed by atoms with E-state index in [1.807, 2.05) is 6.07 Å². The Kier molecular flexibility index (Phi) is 4.36. The van der Waals surface area contributed by atoms with Crippen LogP contribution in [0.25, 0.3) is 0 Å². The number of piperidine rings is 1. The lowest BCUT2D eigenvalue weighted by Crippen LogP contribution is -2.39. The first-order valence-electron chi connectivity index (χ1n) is 6.67. The molecule has 0 amide bonds. The van der Waals surface area contributed by atoms with Crippen molar-refractivity contribution in [1.29, 1.82) is 0 Å². The molecule has 2 heterocycles. The molecular formula is C13H23N5. The van der Waals surface area contributed by atoms with E-state index < -0.39 is 0 Å². The van der Waals surface area contributed by atoms with Gasteiger partial charge in [0, 0.05) is 24.7 Å². The zero-order valence-corrected chi connectivity index (χ0v) is 11.5. The maximum Gasteiger partial charge on any atom is 0.131 e. The molecule has 2 rings (SSSR count). The molecule has 1 aromatic heterocycles. The van der Waals surface area contributed by atoms with E-state index in [-0.39, 0.29) is 0 Å². The quantitative estimate of drug-likeness (QED) is 0.852. The van der Waals surface area contributed by atoms with Gasteiger partial charge in [-0.15, -0.1) is 0 Å². The van der Waals surface area contributed by atoms with Crippen LogP contribution in [0, 0.1) is 0 Å². The van der Waals surface area contributed by atoms with Crippen molar-refractivity contribution in [2.75, 3.05) is 30.8 Å². The summed E-state index contributed by atoms with van der Waals surface area (Å²) in [6, 6.07) is 2.85. The van der Waals surface area contributed by atoms with Crippen LogP contribution >= 0.6 is 0 Å². The van der Waals surface area contributed by atoms with Gasteiger partial charge in [-0.05, 0) is 40.3 Å². The van der Waals surface area contributed by atoms with E-state index in [9.17, 15) is 0 Å². The molecular weight excluding hydrogens is 226 g/mol. The third-order valence-corrected chi connectivity index (χ3v) is 3.08. The first-order valence-corrected chi connectivity index (χ1v) is 6.67. The molecule has 100 valence electrons. The summed E-state index contributed by atoms with van der Waals surface area (Å²) in [6.07, 6.45) is 4.07. The molecule has 0 radical (unpaired) electrons. The topological polar surface area (TPSA) is 53.1 Å². The second kappa shape index (κ2) is 6.00. The van der Waals surface area contributed by atoms with Crippen molar-refractivity contribution >= 4 is 11.6 Å². The summed E-state index contributed by atoms with van der Waals surface area (Å²) in [7, 11) is 2.17. The molecule has 0 saturated carbocycles. The number of anilines is 2. The molecule has 1 fully saturated rings. The summed E-state index contributed by atoms with van der Waals surface area (Å²) in [4.78, 5) is 10.9. The Balaban J connectivity index is 1.96. The van der Waals surface area contributed by atoms with Crippen molar-refractivity contribution in [2.24, 2.45) is 0 Å². The molecule has 1 aliphatic heterocycles. The highest BCUT2D eigenvalue weighted by atomic mass is 15.2. The third-order valence-electron chi connectivity index (χ3n) is 3.08. The minimum Gasteiger partial charge on any atom is -0.368 e. The van der Waals surface area contributed by atoms with Crippen LogP contribution in [0.4, 0.5) is 11.6 Å². The maximum absolute atomic E-state index is 4.29. The Morgan fingerprint density at radius 2 is 2.11 bits per heavy atom. The Morgan fingerprint density at radius 1 is 1.33 bits per heavy atom. The van der Waals surface area contributed by atoms with Crippen molar-refractivity contribution in [1.82, 2.24) is 14.9 Å². The summed E-state index contributed by atoms with van der Waals surface area (Å²) in [5, 5.41) is 6.78. The molecule has 1 aromatic rings. The van der Waals surface area contributed by atoms with Crippen LogP contribution < -0.4 is 10.6 Å². The van der Waals surface area contributed by atoms with E-state index in [0.29, 0.717) is 12.1 Å². The molecule has 5 nitrogen and oxygen atoms in total. The molecule has 1 unspecified atom stereocenters. The molecule has 1 aliphatic rings. The van der Waals surface area contributed by atoms with Crippen LogP contribution in [0.5, 0.6) is 0 Å². The second-order valence-electron chi connectivity index (χ2n) is 5.33. The number of hydrogen-bond acceptors (Lipinski definition) is 5. The molecule has 1 atom stereocenters. The van der Waals surface area contributed by atoms with E-state index in [0.717, 1.165) is 18.2 Å². The number of hydrogen-bond donors (Lipinski definition) is 2. The highest BCUT2D eigenvalue weighted by Crippen LogP contribution is 2.15. The van der Waals surface area contributed by atoms with Gasteiger partial charge in [-0.2, -0.15) is 0 Å². The first kappa shape index (κ1) is 13.1. The fourth-order valence-electron chi connectivity index (χ4n) is 2.30. The van der Waals surface area contributed by atoms with Gasteiger partial charge < -0.3 is 15.5 Å². The van der Waals surface area contributed by atoms with Crippen LogP contribution in [0.1, 0.15) is 26.7 Å². The fourth-order valence-corrected chi connectivity index (χ4v) is 2.30. The van der Waals surface area contributed by atoms with Gasteiger partial charge in [-0.1, -0.05) is 0 Å². The lowest BCUT2D eigenvalue weighted by molar-refractivity contribution is 0.261. The second-order valence-corrected chi connectivity index (χ2v) is 5.33. The van der Waals surface area contributed by atoms with Crippen LogP contribution in [-0.4, -0.2) is 47.1 Å². The lowest BCUT2D eigenvalue weighted by Gasteiger charge is -2.30. The zero-order valence-electron chi connectivity index (χ0n) is 11.5. The fraction of sp³-hybridized carbons (Fsp3) is 0.692. The average Bonchev–Trinajstić information content (AvgIpc) is 2.28. The van der Waals surface area contributed by atoms with Crippen LogP contribution in [0.15, 0.2) is 12.4 Å². The standard InChI is InChI=1S/C13H23N5/c1-10(2)16-12-7-13(15-9-14-12)17-11-5-4-6-18(3)8-11/h7,9-11H,4-6,8H2,1-3H3,(H2,14,15,16,17). The summed E-state index contributed by atoms with van der Waals surface area (Å²) in [5.41, 5.74) is 0. The molecule has 0 aromatic carbocycles. The van der Waals surface area contributed by atoms with Gasteiger partial charge in [-0.3, -0.25) is 0 Å². The van der Waals surface area contributed by atoms with Crippen molar-refractivity contribution in [3.8, 4) is 0 Å². The largest absolute Gasteiger partial charge is 0.368 e. The smallest absolute Gasteiger partial charge is 0.131 e. The van der Waals surface area contributed by atoms with E-state index in [1.165, 1.54) is 19.4 Å². The minimum atomic E-state index is 0.383. The average molecular weight is 249 g/mol. The molecule has 5 heteroatoms. The number of likely N-dealkylation sites (N-methyl/N-ethyl adjacent to an activating group) is 1. The number of nitrogens with zero attached hydrogens (tertiary/aromatic N) is 3. The van der Waals surface area contributed by atoms with Gasteiger partial charge in [0.15, 0.2) is 0 Å². The normalized spacial score (nSPS) is 21.0. The highest BCUT2D eigenvalue weighted by Gasteiger charge is 2.17.